The third-order valence-electron chi connectivity index (χ3n) is 6.62. The molecule has 1 aliphatic heterocycles. The molecule has 4 nitrogen and oxygen atoms in total. The fourth-order valence-corrected chi connectivity index (χ4v) is 5.96. The molecule has 1 heterocycles. The monoisotopic (exact) mass is 292 g/mol. The molecule has 0 spiro atoms. The zero-order valence-electron chi connectivity index (χ0n) is 13.0. The maximum absolute atomic E-state index is 12.8. The molecule has 5 fully saturated rings. The van der Waals surface area contributed by atoms with Gasteiger partial charge in [-0.1, -0.05) is 0 Å². The molecule has 118 valence electrons. The summed E-state index contributed by atoms with van der Waals surface area (Å²) in [6.07, 6.45) is 8.51. The van der Waals surface area contributed by atoms with Gasteiger partial charge in [0.2, 0.25) is 0 Å². The largest absolute Gasteiger partial charge is 0.364 e. The lowest BCUT2D eigenvalue weighted by molar-refractivity contribution is -0.152. The second kappa shape index (κ2) is 5.24. The highest BCUT2D eigenvalue weighted by Gasteiger charge is 2.51. The smallest absolute Gasteiger partial charge is 0.251 e. The van der Waals surface area contributed by atoms with Gasteiger partial charge in [0.1, 0.15) is 6.10 Å². The van der Waals surface area contributed by atoms with E-state index in [1.165, 1.54) is 32.1 Å². The lowest BCUT2D eigenvalue weighted by atomic mass is 9.54. The number of nitrogens with two attached hydrogens (primary N) is 1. The Morgan fingerprint density at radius 2 is 1.71 bits per heavy atom. The summed E-state index contributed by atoms with van der Waals surface area (Å²) in [6, 6.07) is 0.478. The molecule has 2 unspecified atom stereocenters. The Kier molecular flexibility index (Phi) is 3.49. The molecule has 21 heavy (non-hydrogen) atoms. The average molecular weight is 292 g/mol. The van der Waals surface area contributed by atoms with Gasteiger partial charge in [-0.3, -0.25) is 4.79 Å². The first-order valence-corrected chi connectivity index (χ1v) is 8.78. The molecule has 4 saturated carbocycles. The van der Waals surface area contributed by atoms with Gasteiger partial charge in [-0.05, 0) is 68.6 Å². The van der Waals surface area contributed by atoms with Crippen LogP contribution in [0.2, 0.25) is 0 Å². The van der Waals surface area contributed by atoms with Crippen LogP contribution in [0.4, 0.5) is 0 Å². The Morgan fingerprint density at radius 1 is 1.10 bits per heavy atom. The maximum Gasteiger partial charge on any atom is 0.251 e. The SMILES string of the molecule is CN(C(=O)C1CCC(CN)O1)C1C2CC3CC(C2)CC1C3. The number of rotatable bonds is 3. The topological polar surface area (TPSA) is 55.6 Å². The minimum Gasteiger partial charge on any atom is -0.364 e. The number of ether oxygens (including phenoxy) is 1. The minimum absolute atomic E-state index is 0.0887. The van der Waals surface area contributed by atoms with Crippen LogP contribution in [0.3, 0.4) is 0 Å². The molecular weight excluding hydrogens is 264 g/mol. The number of hydrogen-bond acceptors (Lipinski definition) is 3. The molecule has 0 aromatic heterocycles. The van der Waals surface area contributed by atoms with Crippen molar-refractivity contribution in [1.82, 2.24) is 4.90 Å². The van der Waals surface area contributed by atoms with Crippen LogP contribution in [0, 0.1) is 23.7 Å². The standard InChI is InChI=1S/C17H28N2O2/c1-19(17(20)15-3-2-14(9-18)21-15)16-12-5-10-4-11(7-12)8-13(16)6-10/h10-16H,2-9,18H2,1H3. The van der Waals surface area contributed by atoms with Crippen LogP contribution < -0.4 is 5.73 Å². The van der Waals surface area contributed by atoms with Crippen molar-refractivity contribution >= 4 is 5.91 Å². The van der Waals surface area contributed by atoms with Gasteiger partial charge >= 0.3 is 0 Å². The molecule has 1 amide bonds. The van der Waals surface area contributed by atoms with Crippen molar-refractivity contribution in [3.63, 3.8) is 0 Å². The van der Waals surface area contributed by atoms with Gasteiger partial charge in [-0.25, -0.2) is 0 Å². The fourth-order valence-electron chi connectivity index (χ4n) is 5.96. The van der Waals surface area contributed by atoms with E-state index in [9.17, 15) is 4.79 Å². The third-order valence-corrected chi connectivity index (χ3v) is 6.62. The van der Waals surface area contributed by atoms with Gasteiger partial charge in [0, 0.05) is 19.6 Å². The molecule has 0 radical (unpaired) electrons. The third kappa shape index (κ3) is 2.31. The van der Waals surface area contributed by atoms with Crippen LogP contribution in [0.1, 0.15) is 44.9 Å². The van der Waals surface area contributed by atoms with E-state index in [4.69, 9.17) is 10.5 Å². The number of amides is 1. The molecule has 2 atom stereocenters. The quantitative estimate of drug-likeness (QED) is 0.862. The van der Waals surface area contributed by atoms with Crippen LogP contribution in [0.5, 0.6) is 0 Å². The van der Waals surface area contributed by atoms with E-state index < -0.39 is 0 Å². The van der Waals surface area contributed by atoms with Crippen molar-refractivity contribution in [3.05, 3.63) is 0 Å². The van der Waals surface area contributed by atoms with E-state index in [0.717, 1.165) is 36.5 Å². The van der Waals surface area contributed by atoms with Gasteiger partial charge in [0.05, 0.1) is 6.10 Å². The van der Waals surface area contributed by atoms with Crippen molar-refractivity contribution in [2.24, 2.45) is 29.4 Å². The van der Waals surface area contributed by atoms with Gasteiger partial charge in [-0.15, -0.1) is 0 Å². The summed E-state index contributed by atoms with van der Waals surface area (Å²) in [5.74, 6) is 3.63. The van der Waals surface area contributed by atoms with Gasteiger partial charge < -0.3 is 15.4 Å². The molecule has 1 saturated heterocycles. The summed E-state index contributed by atoms with van der Waals surface area (Å²) < 4.78 is 5.82. The summed E-state index contributed by atoms with van der Waals surface area (Å²) in [6.45, 7) is 0.533. The van der Waals surface area contributed by atoms with Gasteiger partial charge in [-0.2, -0.15) is 0 Å². The lowest BCUT2D eigenvalue weighted by Gasteiger charge is -2.56. The van der Waals surface area contributed by atoms with Crippen LogP contribution in [0.25, 0.3) is 0 Å². The molecule has 4 aliphatic carbocycles. The number of nitrogens with zero attached hydrogens (tertiary/aromatic N) is 1. The van der Waals surface area contributed by atoms with Crippen molar-refractivity contribution in [3.8, 4) is 0 Å². The van der Waals surface area contributed by atoms with E-state index in [2.05, 4.69) is 4.90 Å². The van der Waals surface area contributed by atoms with Crippen LogP contribution in [0.15, 0.2) is 0 Å². The Labute approximate surface area is 127 Å². The minimum atomic E-state index is -0.235. The normalized spacial score (nSPS) is 47.8. The summed E-state index contributed by atoms with van der Waals surface area (Å²) >= 11 is 0. The highest BCUT2D eigenvalue weighted by molar-refractivity contribution is 5.81. The van der Waals surface area contributed by atoms with E-state index in [1.54, 1.807) is 0 Å². The summed E-state index contributed by atoms with van der Waals surface area (Å²) in [5.41, 5.74) is 5.66. The van der Waals surface area contributed by atoms with Crippen LogP contribution >= 0.6 is 0 Å². The highest BCUT2D eigenvalue weighted by atomic mass is 16.5. The second-order valence-corrected chi connectivity index (χ2v) is 7.93. The second-order valence-electron chi connectivity index (χ2n) is 7.93. The average Bonchev–Trinajstić information content (AvgIpc) is 2.94. The van der Waals surface area contributed by atoms with Crippen molar-refractivity contribution in [2.75, 3.05) is 13.6 Å². The van der Waals surface area contributed by atoms with Crippen LogP contribution in [-0.2, 0) is 9.53 Å². The summed E-state index contributed by atoms with van der Waals surface area (Å²) in [5, 5.41) is 0. The molecule has 2 N–H and O–H groups in total. The molecule has 5 aliphatic rings. The molecular formula is C17H28N2O2. The first-order chi connectivity index (χ1) is 10.2. The number of carbonyl (C=O) groups excluding carboxylic acids is 1. The van der Waals surface area contributed by atoms with Crippen molar-refractivity contribution in [1.29, 1.82) is 0 Å². The van der Waals surface area contributed by atoms with Crippen molar-refractivity contribution in [2.45, 2.75) is 63.2 Å². The zero-order chi connectivity index (χ0) is 14.6. The zero-order valence-corrected chi connectivity index (χ0v) is 13.0. The predicted octanol–water partition coefficient (Wildman–Crippen LogP) is 1.78. The maximum atomic E-state index is 12.8. The summed E-state index contributed by atoms with van der Waals surface area (Å²) in [4.78, 5) is 14.9. The first-order valence-electron chi connectivity index (χ1n) is 8.78. The molecule has 0 aromatic carbocycles. The summed E-state index contributed by atoms with van der Waals surface area (Å²) in [7, 11) is 2.02. The number of hydrogen-bond donors (Lipinski definition) is 1. The molecule has 4 heteroatoms. The van der Waals surface area contributed by atoms with Crippen LogP contribution in [-0.4, -0.2) is 42.6 Å². The van der Waals surface area contributed by atoms with Crippen molar-refractivity contribution < 1.29 is 9.53 Å². The molecule has 4 bridgehead atoms. The van der Waals surface area contributed by atoms with E-state index in [0.29, 0.717) is 12.6 Å². The predicted molar refractivity (Wildman–Crippen MR) is 80.6 cm³/mol. The Balaban J connectivity index is 1.45. The van der Waals surface area contributed by atoms with E-state index in [1.807, 2.05) is 7.05 Å². The Morgan fingerprint density at radius 3 is 2.24 bits per heavy atom. The van der Waals surface area contributed by atoms with E-state index >= 15 is 0 Å². The lowest BCUT2D eigenvalue weighted by Crippen LogP contribution is -2.57. The van der Waals surface area contributed by atoms with E-state index in [-0.39, 0.29) is 18.1 Å². The number of likely N-dealkylation sites (N-methyl/N-ethyl adjacent to an activating group) is 1. The number of carbonyl (C=O) groups is 1. The Bertz CT molecular complexity index is 397. The Hall–Kier alpha value is -0.610. The first kappa shape index (κ1) is 14.0. The molecule has 5 rings (SSSR count). The van der Waals surface area contributed by atoms with Gasteiger partial charge in [0.15, 0.2) is 0 Å². The highest BCUT2D eigenvalue weighted by Crippen LogP contribution is 2.55. The van der Waals surface area contributed by atoms with Gasteiger partial charge in [0.25, 0.3) is 5.91 Å². The molecule has 0 aromatic rings. The fraction of sp³-hybridized carbons (Fsp3) is 0.941.